The minimum atomic E-state index is -1.21. The molecular formula is C10H9BrFN3O2. The molecule has 0 bridgehead atoms. The molecular weight excluding hydrogens is 293 g/mol. The molecule has 1 saturated heterocycles. The van der Waals surface area contributed by atoms with Crippen LogP contribution in [0, 0.1) is 5.92 Å². The van der Waals surface area contributed by atoms with Gasteiger partial charge in [0.15, 0.2) is 16.6 Å². The minimum Gasteiger partial charge on any atom is -0.446 e. The topological polar surface area (TPSA) is 64.1 Å². The Morgan fingerprint density at radius 3 is 2.88 bits per heavy atom. The largest absolute Gasteiger partial charge is 0.446 e. The van der Waals surface area contributed by atoms with Gasteiger partial charge in [0.1, 0.15) is 0 Å². The van der Waals surface area contributed by atoms with Gasteiger partial charge >= 0.3 is 0 Å². The molecule has 1 aliphatic heterocycles. The van der Waals surface area contributed by atoms with E-state index in [4.69, 9.17) is 8.94 Å². The number of furan rings is 1. The molecule has 17 heavy (non-hydrogen) atoms. The van der Waals surface area contributed by atoms with E-state index in [9.17, 15) is 4.39 Å². The van der Waals surface area contributed by atoms with Crippen molar-refractivity contribution in [3.05, 3.63) is 22.7 Å². The van der Waals surface area contributed by atoms with Gasteiger partial charge in [-0.2, -0.15) is 4.98 Å². The molecule has 7 heteroatoms. The molecule has 3 rings (SSSR count). The van der Waals surface area contributed by atoms with Crippen molar-refractivity contribution < 1.29 is 13.3 Å². The highest BCUT2D eigenvalue weighted by molar-refractivity contribution is 9.10. The van der Waals surface area contributed by atoms with E-state index in [1.165, 1.54) is 0 Å². The normalized spacial score (nSPS) is 18.0. The molecule has 1 fully saturated rings. The predicted molar refractivity (Wildman–Crippen MR) is 59.9 cm³/mol. The SMILES string of the molecule is FC(c1nc(-c2ccc(Br)o2)no1)C1CNC1. The van der Waals surface area contributed by atoms with Crippen LogP contribution in [0.15, 0.2) is 25.7 Å². The highest BCUT2D eigenvalue weighted by Crippen LogP contribution is 2.30. The first-order valence-electron chi connectivity index (χ1n) is 5.18. The van der Waals surface area contributed by atoms with Crippen molar-refractivity contribution >= 4 is 15.9 Å². The molecule has 0 radical (unpaired) electrons. The van der Waals surface area contributed by atoms with Crippen LogP contribution in [0.2, 0.25) is 0 Å². The second-order valence-electron chi connectivity index (χ2n) is 3.88. The van der Waals surface area contributed by atoms with Gasteiger partial charge in [-0.3, -0.25) is 0 Å². The van der Waals surface area contributed by atoms with E-state index in [-0.39, 0.29) is 17.6 Å². The fourth-order valence-electron chi connectivity index (χ4n) is 1.60. The van der Waals surface area contributed by atoms with Crippen LogP contribution >= 0.6 is 15.9 Å². The fourth-order valence-corrected chi connectivity index (χ4v) is 1.91. The van der Waals surface area contributed by atoms with Crippen molar-refractivity contribution in [2.45, 2.75) is 6.17 Å². The monoisotopic (exact) mass is 301 g/mol. The summed E-state index contributed by atoms with van der Waals surface area (Å²) in [7, 11) is 0. The van der Waals surface area contributed by atoms with Crippen molar-refractivity contribution in [1.29, 1.82) is 0 Å². The maximum absolute atomic E-state index is 13.8. The number of nitrogens with one attached hydrogen (secondary N) is 1. The number of rotatable bonds is 3. The molecule has 2 aromatic rings. The molecule has 1 atom stereocenters. The summed E-state index contributed by atoms with van der Waals surface area (Å²) in [4.78, 5) is 4.00. The molecule has 1 aliphatic rings. The summed E-state index contributed by atoms with van der Waals surface area (Å²) in [6, 6.07) is 3.41. The molecule has 1 N–H and O–H groups in total. The maximum Gasteiger partial charge on any atom is 0.261 e. The lowest BCUT2D eigenvalue weighted by Crippen LogP contribution is -2.44. The van der Waals surface area contributed by atoms with E-state index in [2.05, 4.69) is 31.4 Å². The summed E-state index contributed by atoms with van der Waals surface area (Å²) in [5.41, 5.74) is 0. The van der Waals surface area contributed by atoms with Gasteiger partial charge < -0.3 is 14.3 Å². The molecule has 0 aliphatic carbocycles. The lowest BCUT2D eigenvalue weighted by molar-refractivity contribution is 0.133. The van der Waals surface area contributed by atoms with Crippen LogP contribution in [-0.2, 0) is 0 Å². The Hall–Kier alpha value is -1.21. The zero-order chi connectivity index (χ0) is 11.8. The Labute approximate surface area is 105 Å². The third-order valence-electron chi connectivity index (χ3n) is 2.70. The molecule has 1 unspecified atom stereocenters. The summed E-state index contributed by atoms with van der Waals surface area (Å²) < 4.78 is 24.6. The van der Waals surface area contributed by atoms with E-state index in [1.807, 2.05) is 0 Å². The number of nitrogens with zero attached hydrogens (tertiary/aromatic N) is 2. The number of halogens is 2. The van der Waals surface area contributed by atoms with Crippen molar-refractivity contribution in [3.8, 4) is 11.6 Å². The Morgan fingerprint density at radius 2 is 2.29 bits per heavy atom. The Morgan fingerprint density at radius 1 is 1.47 bits per heavy atom. The van der Waals surface area contributed by atoms with Crippen molar-refractivity contribution in [3.63, 3.8) is 0 Å². The lowest BCUT2D eigenvalue weighted by Gasteiger charge is -2.27. The van der Waals surface area contributed by atoms with Crippen LogP contribution in [0.3, 0.4) is 0 Å². The number of alkyl halides is 1. The first-order valence-corrected chi connectivity index (χ1v) is 5.97. The van der Waals surface area contributed by atoms with Crippen LogP contribution in [0.4, 0.5) is 4.39 Å². The standard InChI is InChI=1S/C10H9BrFN3O2/c11-7-2-1-6(16-7)9-14-10(17-15-9)8(12)5-3-13-4-5/h1-2,5,8,13H,3-4H2. The lowest BCUT2D eigenvalue weighted by atomic mass is 9.97. The third kappa shape index (κ3) is 2.00. The van der Waals surface area contributed by atoms with E-state index in [0.29, 0.717) is 23.5 Å². The molecule has 0 spiro atoms. The predicted octanol–water partition coefficient (Wildman–Crippen LogP) is 2.32. The maximum atomic E-state index is 13.8. The molecule has 0 amide bonds. The summed E-state index contributed by atoms with van der Waals surface area (Å²) in [5.74, 6) is 0.650. The highest BCUT2D eigenvalue weighted by atomic mass is 79.9. The molecule has 0 aromatic carbocycles. The van der Waals surface area contributed by atoms with Gasteiger partial charge in [-0.05, 0) is 28.1 Å². The van der Waals surface area contributed by atoms with Crippen LogP contribution < -0.4 is 5.32 Å². The summed E-state index contributed by atoms with van der Waals surface area (Å²) >= 11 is 3.17. The first-order chi connectivity index (χ1) is 8.24. The van der Waals surface area contributed by atoms with Gasteiger partial charge in [0.05, 0.1) is 0 Å². The van der Waals surface area contributed by atoms with Gasteiger partial charge in [-0.1, -0.05) is 5.16 Å². The number of hydrogen-bond acceptors (Lipinski definition) is 5. The zero-order valence-electron chi connectivity index (χ0n) is 8.69. The zero-order valence-corrected chi connectivity index (χ0v) is 10.3. The third-order valence-corrected chi connectivity index (χ3v) is 3.12. The average Bonchev–Trinajstić information content (AvgIpc) is 2.82. The van der Waals surface area contributed by atoms with E-state index in [0.717, 1.165) is 0 Å². The molecule has 0 saturated carbocycles. The summed E-state index contributed by atoms with van der Waals surface area (Å²) in [6.07, 6.45) is -1.21. The Balaban J connectivity index is 1.82. The van der Waals surface area contributed by atoms with Crippen molar-refractivity contribution in [2.75, 3.05) is 13.1 Å². The van der Waals surface area contributed by atoms with Crippen LogP contribution in [0.25, 0.3) is 11.6 Å². The van der Waals surface area contributed by atoms with Gasteiger partial charge in [0, 0.05) is 19.0 Å². The van der Waals surface area contributed by atoms with E-state index < -0.39 is 6.17 Å². The Kier molecular flexibility index (Phi) is 2.71. The summed E-state index contributed by atoms with van der Waals surface area (Å²) in [5, 5.41) is 6.70. The Bertz CT molecular complexity index is 523. The van der Waals surface area contributed by atoms with Crippen molar-refractivity contribution in [2.24, 2.45) is 5.92 Å². The molecule has 2 aromatic heterocycles. The molecule has 3 heterocycles. The first kappa shape index (κ1) is 10.9. The van der Waals surface area contributed by atoms with Crippen LogP contribution in [-0.4, -0.2) is 23.2 Å². The highest BCUT2D eigenvalue weighted by Gasteiger charge is 2.32. The van der Waals surface area contributed by atoms with Crippen LogP contribution in [0.1, 0.15) is 12.1 Å². The van der Waals surface area contributed by atoms with Gasteiger partial charge in [0.25, 0.3) is 5.89 Å². The van der Waals surface area contributed by atoms with Gasteiger partial charge in [-0.15, -0.1) is 0 Å². The summed E-state index contributed by atoms with van der Waals surface area (Å²) in [6.45, 7) is 1.29. The molecule has 90 valence electrons. The second-order valence-corrected chi connectivity index (χ2v) is 4.66. The fraction of sp³-hybridized carbons (Fsp3) is 0.400. The van der Waals surface area contributed by atoms with E-state index in [1.54, 1.807) is 12.1 Å². The van der Waals surface area contributed by atoms with Gasteiger partial charge in [-0.25, -0.2) is 4.39 Å². The smallest absolute Gasteiger partial charge is 0.261 e. The quantitative estimate of drug-likeness (QED) is 0.942. The average molecular weight is 302 g/mol. The second kappa shape index (κ2) is 4.23. The van der Waals surface area contributed by atoms with E-state index >= 15 is 0 Å². The van der Waals surface area contributed by atoms with Crippen molar-refractivity contribution in [1.82, 2.24) is 15.5 Å². The number of aromatic nitrogens is 2. The molecule has 5 nitrogen and oxygen atoms in total. The van der Waals surface area contributed by atoms with Gasteiger partial charge in [0.2, 0.25) is 5.82 Å². The minimum absolute atomic E-state index is 0.0130. The van der Waals surface area contributed by atoms with Crippen LogP contribution in [0.5, 0.6) is 0 Å². The number of hydrogen-bond donors (Lipinski definition) is 1.